The molecule has 3 aromatic rings. The van der Waals surface area contributed by atoms with E-state index in [0.29, 0.717) is 10.8 Å². The minimum atomic E-state index is -0.606. The summed E-state index contributed by atoms with van der Waals surface area (Å²) in [7, 11) is 0. The first kappa shape index (κ1) is 16.4. The minimum Gasteiger partial charge on any atom is -0.273 e. The molecular formula is C18H16N4O3. The molecule has 1 aromatic heterocycles. The van der Waals surface area contributed by atoms with Crippen molar-refractivity contribution in [2.75, 3.05) is 0 Å². The third-order valence-corrected chi connectivity index (χ3v) is 3.84. The number of hydrogen-bond donors (Lipinski definition) is 3. The van der Waals surface area contributed by atoms with Gasteiger partial charge in [0.05, 0.1) is 11.8 Å². The van der Waals surface area contributed by atoms with Crippen molar-refractivity contribution in [1.82, 2.24) is 21.0 Å². The molecule has 0 aliphatic heterocycles. The zero-order valence-corrected chi connectivity index (χ0v) is 13.5. The van der Waals surface area contributed by atoms with Crippen molar-refractivity contribution in [2.45, 2.75) is 13.3 Å². The van der Waals surface area contributed by atoms with Gasteiger partial charge in [0.25, 0.3) is 11.5 Å². The minimum absolute atomic E-state index is 0.0337. The highest BCUT2D eigenvalue weighted by atomic mass is 16.2. The van der Waals surface area contributed by atoms with Gasteiger partial charge in [-0.2, -0.15) is 5.10 Å². The number of H-pyrrole nitrogens is 1. The monoisotopic (exact) mass is 336 g/mol. The maximum Gasteiger partial charge on any atom is 0.290 e. The summed E-state index contributed by atoms with van der Waals surface area (Å²) in [5.74, 6) is -0.957. The summed E-state index contributed by atoms with van der Waals surface area (Å²) in [6.45, 7) is 1.91. The number of benzene rings is 2. The Bertz CT molecular complexity index is 1010. The van der Waals surface area contributed by atoms with Gasteiger partial charge in [0.15, 0.2) is 5.69 Å². The fraction of sp³-hybridized carbons (Fsp3) is 0.111. The van der Waals surface area contributed by atoms with Crippen LogP contribution < -0.4 is 16.4 Å². The summed E-state index contributed by atoms with van der Waals surface area (Å²) in [6, 6.07) is 14.1. The number of nitrogens with one attached hydrogen (secondary N) is 3. The Morgan fingerprint density at radius 1 is 1.00 bits per heavy atom. The smallest absolute Gasteiger partial charge is 0.273 e. The second-order valence-electron chi connectivity index (χ2n) is 5.55. The molecule has 3 rings (SSSR count). The second-order valence-corrected chi connectivity index (χ2v) is 5.55. The SMILES string of the molecule is Cc1ccccc1CC(=O)NNC(=O)c1n[nH]c(=O)c2ccccc12. The van der Waals surface area contributed by atoms with E-state index in [1.165, 1.54) is 0 Å². The van der Waals surface area contributed by atoms with E-state index in [2.05, 4.69) is 21.0 Å². The predicted molar refractivity (Wildman–Crippen MR) is 92.9 cm³/mol. The standard InChI is InChI=1S/C18H16N4O3/c1-11-6-2-3-7-12(11)10-15(23)19-22-18(25)16-13-8-4-5-9-14(13)17(24)21-20-16/h2-9H,10H2,1H3,(H,19,23)(H,21,24)(H,22,25). The maximum absolute atomic E-state index is 12.3. The van der Waals surface area contributed by atoms with Crippen LogP contribution in [0.3, 0.4) is 0 Å². The molecule has 3 N–H and O–H groups in total. The van der Waals surface area contributed by atoms with Crippen molar-refractivity contribution in [2.24, 2.45) is 0 Å². The molecule has 7 heteroatoms. The molecule has 7 nitrogen and oxygen atoms in total. The van der Waals surface area contributed by atoms with Gasteiger partial charge in [-0.25, -0.2) is 5.10 Å². The molecule has 1 heterocycles. The predicted octanol–water partition coefficient (Wildman–Crippen LogP) is 1.24. The third-order valence-electron chi connectivity index (χ3n) is 3.84. The molecule has 2 amide bonds. The van der Waals surface area contributed by atoms with Crippen LogP contribution in [0.15, 0.2) is 53.3 Å². The van der Waals surface area contributed by atoms with E-state index in [1.807, 2.05) is 31.2 Å². The van der Waals surface area contributed by atoms with Crippen molar-refractivity contribution in [3.05, 3.63) is 75.7 Å². The highest BCUT2D eigenvalue weighted by molar-refractivity contribution is 6.05. The highest BCUT2D eigenvalue weighted by Gasteiger charge is 2.14. The van der Waals surface area contributed by atoms with Crippen LogP contribution in [-0.4, -0.2) is 22.0 Å². The van der Waals surface area contributed by atoms with Crippen LogP contribution in [0.4, 0.5) is 0 Å². The van der Waals surface area contributed by atoms with Gasteiger partial charge in [0, 0.05) is 5.39 Å². The molecular weight excluding hydrogens is 320 g/mol. The summed E-state index contributed by atoms with van der Waals surface area (Å²) in [6.07, 6.45) is 0.146. The normalized spacial score (nSPS) is 10.4. The average molecular weight is 336 g/mol. The first-order chi connectivity index (χ1) is 12.1. The van der Waals surface area contributed by atoms with Crippen LogP contribution in [0.5, 0.6) is 0 Å². The summed E-state index contributed by atoms with van der Waals surface area (Å²) in [5.41, 5.74) is 6.22. The van der Waals surface area contributed by atoms with Crippen molar-refractivity contribution in [3.63, 3.8) is 0 Å². The fourth-order valence-corrected chi connectivity index (χ4v) is 2.50. The van der Waals surface area contributed by atoms with E-state index in [-0.39, 0.29) is 23.6 Å². The Balaban J connectivity index is 1.71. The number of aromatic amines is 1. The number of carbonyl (C=O) groups is 2. The summed E-state index contributed by atoms with van der Waals surface area (Å²) < 4.78 is 0. The van der Waals surface area contributed by atoms with E-state index >= 15 is 0 Å². The van der Waals surface area contributed by atoms with Crippen LogP contribution in [0.25, 0.3) is 10.8 Å². The van der Waals surface area contributed by atoms with Gasteiger partial charge in [0.2, 0.25) is 5.91 Å². The Morgan fingerprint density at radius 3 is 2.44 bits per heavy atom. The Morgan fingerprint density at radius 2 is 1.68 bits per heavy atom. The van der Waals surface area contributed by atoms with Crippen LogP contribution in [0.2, 0.25) is 0 Å². The molecule has 0 aliphatic rings. The van der Waals surface area contributed by atoms with Gasteiger partial charge >= 0.3 is 0 Å². The molecule has 0 saturated carbocycles. The van der Waals surface area contributed by atoms with Crippen molar-refractivity contribution < 1.29 is 9.59 Å². The molecule has 0 atom stereocenters. The van der Waals surface area contributed by atoms with E-state index in [0.717, 1.165) is 11.1 Å². The highest BCUT2D eigenvalue weighted by Crippen LogP contribution is 2.12. The second kappa shape index (κ2) is 6.96. The number of hydrazine groups is 1. The number of amides is 2. The van der Waals surface area contributed by atoms with E-state index in [4.69, 9.17) is 0 Å². The average Bonchev–Trinajstić information content (AvgIpc) is 2.62. The Hall–Kier alpha value is -3.48. The summed E-state index contributed by atoms with van der Waals surface area (Å²) in [4.78, 5) is 36.0. The molecule has 0 saturated heterocycles. The molecule has 0 bridgehead atoms. The van der Waals surface area contributed by atoms with Crippen molar-refractivity contribution >= 4 is 22.6 Å². The van der Waals surface area contributed by atoms with Crippen LogP contribution in [0, 0.1) is 6.92 Å². The zero-order chi connectivity index (χ0) is 17.8. The molecule has 0 fully saturated rings. The first-order valence-corrected chi connectivity index (χ1v) is 7.67. The van der Waals surface area contributed by atoms with Crippen LogP contribution in [0.1, 0.15) is 21.6 Å². The molecule has 0 radical (unpaired) electrons. The van der Waals surface area contributed by atoms with Gasteiger partial charge < -0.3 is 0 Å². The quantitative estimate of drug-likeness (QED) is 0.626. The lowest BCUT2D eigenvalue weighted by molar-refractivity contribution is -0.121. The number of fused-ring (bicyclic) bond motifs is 1. The lowest BCUT2D eigenvalue weighted by atomic mass is 10.1. The molecule has 0 unspecified atom stereocenters. The first-order valence-electron chi connectivity index (χ1n) is 7.67. The van der Waals surface area contributed by atoms with Crippen molar-refractivity contribution in [1.29, 1.82) is 0 Å². The van der Waals surface area contributed by atoms with Crippen LogP contribution in [-0.2, 0) is 11.2 Å². The Labute approximate surface area is 143 Å². The number of nitrogens with zero attached hydrogens (tertiary/aromatic N) is 1. The number of aryl methyl sites for hydroxylation is 1. The van der Waals surface area contributed by atoms with Gasteiger partial charge in [-0.1, -0.05) is 42.5 Å². The number of carbonyl (C=O) groups excluding carboxylic acids is 2. The largest absolute Gasteiger partial charge is 0.290 e. The van der Waals surface area contributed by atoms with Gasteiger partial charge in [-0.05, 0) is 24.1 Å². The van der Waals surface area contributed by atoms with Gasteiger partial charge in [-0.15, -0.1) is 0 Å². The summed E-state index contributed by atoms with van der Waals surface area (Å²) >= 11 is 0. The Kier molecular flexibility index (Phi) is 4.56. The van der Waals surface area contributed by atoms with E-state index in [9.17, 15) is 14.4 Å². The fourth-order valence-electron chi connectivity index (χ4n) is 2.50. The van der Waals surface area contributed by atoms with Crippen LogP contribution >= 0.6 is 0 Å². The lowest BCUT2D eigenvalue weighted by Crippen LogP contribution is -2.43. The van der Waals surface area contributed by atoms with Gasteiger partial charge in [-0.3, -0.25) is 25.2 Å². The molecule has 126 valence electrons. The van der Waals surface area contributed by atoms with E-state index in [1.54, 1.807) is 24.3 Å². The zero-order valence-electron chi connectivity index (χ0n) is 13.5. The van der Waals surface area contributed by atoms with Gasteiger partial charge in [0.1, 0.15) is 0 Å². The third kappa shape index (κ3) is 3.55. The molecule has 25 heavy (non-hydrogen) atoms. The molecule has 0 aliphatic carbocycles. The topological polar surface area (TPSA) is 104 Å². The number of hydrogen-bond acceptors (Lipinski definition) is 4. The van der Waals surface area contributed by atoms with Crippen molar-refractivity contribution in [3.8, 4) is 0 Å². The van der Waals surface area contributed by atoms with E-state index < -0.39 is 5.91 Å². The summed E-state index contributed by atoms with van der Waals surface area (Å²) in [5, 5.41) is 6.83. The lowest BCUT2D eigenvalue weighted by Gasteiger charge is -2.09. The number of rotatable bonds is 3. The molecule has 0 spiro atoms. The maximum atomic E-state index is 12.3. The molecule has 2 aromatic carbocycles. The number of aromatic nitrogens is 2.